The molecule has 176 valence electrons. The first kappa shape index (κ1) is 23.9. The Labute approximate surface area is 204 Å². The van der Waals surface area contributed by atoms with E-state index in [0.29, 0.717) is 13.1 Å². The maximum atomic E-state index is 12.8. The van der Waals surface area contributed by atoms with Crippen LogP contribution in [0.3, 0.4) is 0 Å². The van der Waals surface area contributed by atoms with Crippen molar-refractivity contribution in [2.75, 3.05) is 36.0 Å². The molecule has 4 rings (SSSR count). The van der Waals surface area contributed by atoms with Gasteiger partial charge in [0.25, 0.3) is 5.91 Å². The van der Waals surface area contributed by atoms with Crippen molar-refractivity contribution in [2.24, 2.45) is 0 Å². The van der Waals surface area contributed by atoms with Crippen molar-refractivity contribution >= 4 is 46.3 Å². The van der Waals surface area contributed by atoms with Gasteiger partial charge in [0, 0.05) is 30.3 Å². The van der Waals surface area contributed by atoms with Gasteiger partial charge in [0.15, 0.2) is 10.8 Å². The number of rotatable bonds is 10. The van der Waals surface area contributed by atoms with E-state index < -0.39 is 0 Å². The van der Waals surface area contributed by atoms with Crippen molar-refractivity contribution in [1.29, 1.82) is 0 Å². The first-order valence-electron chi connectivity index (χ1n) is 11.8. The summed E-state index contributed by atoms with van der Waals surface area (Å²) in [4.78, 5) is 25.9. The van der Waals surface area contributed by atoms with Crippen LogP contribution in [0.15, 0.2) is 40.5 Å². The molecule has 7 nitrogen and oxygen atoms in total. The maximum absolute atomic E-state index is 12.8. The smallest absolute Gasteiger partial charge is 0.252 e. The minimum atomic E-state index is -0.0502. The molecule has 1 N–H and O–H groups in total. The monoisotopic (exact) mass is 484 g/mol. The highest BCUT2D eigenvalue weighted by Gasteiger charge is 2.20. The fraction of sp³-hybridized carbons (Fsp3) is 0.500. The lowest BCUT2D eigenvalue weighted by molar-refractivity contribution is 0.0949. The lowest BCUT2D eigenvalue weighted by atomic mass is 10.1. The predicted octanol–water partition coefficient (Wildman–Crippen LogP) is 4.86. The third-order valence-corrected chi connectivity index (χ3v) is 7.60. The Morgan fingerprint density at radius 3 is 2.70 bits per heavy atom. The van der Waals surface area contributed by atoms with Crippen molar-refractivity contribution < 1.29 is 4.79 Å². The summed E-state index contributed by atoms with van der Waals surface area (Å²) in [5.74, 6) is 2.87. The molecule has 1 aliphatic heterocycles. The topological polar surface area (TPSA) is 75.9 Å². The Morgan fingerprint density at radius 1 is 1.09 bits per heavy atom. The largest absolute Gasteiger partial charge is 0.356 e. The minimum absolute atomic E-state index is 0.0502. The first-order chi connectivity index (χ1) is 16.2. The third kappa shape index (κ3) is 5.81. The van der Waals surface area contributed by atoms with Crippen LogP contribution in [0.25, 0.3) is 11.0 Å². The standard InChI is InChI=1S/C24H32N6OS2/c1-3-16-33-24-27-21(29-13-8-5-9-14-29)19-17-26-30(22(19)28-24)15-12-25-23(31)18-10-6-7-11-20(18)32-4-2/h6-7,10-11,17H,3-5,8-9,12-16H2,1-2H3,(H,25,31). The number of nitrogens with zero attached hydrogens (tertiary/aromatic N) is 5. The van der Waals surface area contributed by atoms with Crippen molar-refractivity contribution in [3.8, 4) is 0 Å². The van der Waals surface area contributed by atoms with Gasteiger partial charge in [-0.05, 0) is 43.6 Å². The maximum Gasteiger partial charge on any atom is 0.252 e. The van der Waals surface area contributed by atoms with Crippen LogP contribution in [0.1, 0.15) is 49.9 Å². The van der Waals surface area contributed by atoms with Crippen LogP contribution < -0.4 is 10.2 Å². The van der Waals surface area contributed by atoms with Gasteiger partial charge in [-0.25, -0.2) is 14.6 Å². The second-order valence-corrected chi connectivity index (χ2v) is 10.4. The van der Waals surface area contributed by atoms with Crippen molar-refractivity contribution in [3.63, 3.8) is 0 Å². The molecule has 3 aromatic rings. The molecular formula is C24H32N6OS2. The van der Waals surface area contributed by atoms with Gasteiger partial charge in [-0.15, -0.1) is 11.8 Å². The molecule has 0 saturated carbocycles. The van der Waals surface area contributed by atoms with Crippen LogP contribution in [0.2, 0.25) is 0 Å². The highest BCUT2D eigenvalue weighted by molar-refractivity contribution is 7.99. The fourth-order valence-electron chi connectivity index (χ4n) is 4.00. The normalized spacial score (nSPS) is 14.1. The number of piperidine rings is 1. The summed E-state index contributed by atoms with van der Waals surface area (Å²) in [5.41, 5.74) is 1.57. The zero-order valence-electron chi connectivity index (χ0n) is 19.4. The van der Waals surface area contributed by atoms with Gasteiger partial charge >= 0.3 is 0 Å². The third-order valence-electron chi connectivity index (χ3n) is 5.59. The molecule has 9 heteroatoms. The summed E-state index contributed by atoms with van der Waals surface area (Å²) in [6.07, 6.45) is 6.62. The van der Waals surface area contributed by atoms with Crippen LogP contribution in [0.5, 0.6) is 0 Å². The number of anilines is 1. The minimum Gasteiger partial charge on any atom is -0.356 e. The predicted molar refractivity (Wildman–Crippen MR) is 138 cm³/mol. The van der Waals surface area contributed by atoms with E-state index in [9.17, 15) is 4.79 Å². The summed E-state index contributed by atoms with van der Waals surface area (Å²) in [5, 5.41) is 9.47. The molecule has 1 saturated heterocycles. The molecule has 0 aliphatic carbocycles. The molecule has 33 heavy (non-hydrogen) atoms. The van der Waals surface area contributed by atoms with Gasteiger partial charge < -0.3 is 10.2 Å². The van der Waals surface area contributed by atoms with Gasteiger partial charge in [0.1, 0.15) is 5.82 Å². The van der Waals surface area contributed by atoms with E-state index >= 15 is 0 Å². The quantitative estimate of drug-likeness (QED) is 0.325. The van der Waals surface area contributed by atoms with Crippen LogP contribution in [-0.4, -0.2) is 56.8 Å². The summed E-state index contributed by atoms with van der Waals surface area (Å²) >= 11 is 3.38. The van der Waals surface area contributed by atoms with Gasteiger partial charge in [-0.3, -0.25) is 4.79 Å². The lowest BCUT2D eigenvalue weighted by Crippen LogP contribution is -2.30. The van der Waals surface area contributed by atoms with Crippen LogP contribution in [0.4, 0.5) is 5.82 Å². The fourth-order valence-corrected chi connectivity index (χ4v) is 5.49. The SMILES string of the molecule is CCCSc1nc(N2CCCCC2)c2cnn(CCNC(=O)c3ccccc3SCC)c2n1. The number of carbonyl (C=O) groups is 1. The van der Waals surface area contributed by atoms with Gasteiger partial charge in [-0.1, -0.05) is 37.7 Å². The van der Waals surface area contributed by atoms with Crippen LogP contribution in [0, 0.1) is 0 Å². The molecule has 3 heterocycles. The summed E-state index contributed by atoms with van der Waals surface area (Å²) < 4.78 is 1.90. The van der Waals surface area contributed by atoms with Crippen LogP contribution >= 0.6 is 23.5 Å². The Bertz CT molecular complexity index is 1080. The van der Waals surface area contributed by atoms with E-state index in [-0.39, 0.29) is 5.91 Å². The van der Waals surface area contributed by atoms with Crippen LogP contribution in [-0.2, 0) is 6.54 Å². The molecule has 1 fully saturated rings. The number of hydrogen-bond donors (Lipinski definition) is 1. The van der Waals surface area contributed by atoms with Crippen molar-refractivity contribution in [3.05, 3.63) is 36.0 Å². The number of thioether (sulfide) groups is 2. The second-order valence-electron chi connectivity index (χ2n) is 8.02. The van der Waals surface area contributed by atoms with Gasteiger partial charge in [0.2, 0.25) is 0 Å². The van der Waals surface area contributed by atoms with E-state index in [1.54, 1.807) is 23.5 Å². The molecule has 1 amide bonds. The second kappa shape index (κ2) is 11.7. The number of benzene rings is 1. The first-order valence-corrected chi connectivity index (χ1v) is 13.8. The number of carbonyl (C=O) groups excluding carboxylic acids is 1. The molecule has 0 unspecified atom stereocenters. The lowest BCUT2D eigenvalue weighted by Gasteiger charge is -2.28. The molecule has 0 spiro atoms. The molecule has 2 aromatic heterocycles. The molecule has 1 aromatic carbocycles. The number of hydrogen-bond acceptors (Lipinski definition) is 7. The Hall–Kier alpha value is -2.26. The van der Waals surface area contributed by atoms with E-state index in [0.717, 1.165) is 63.5 Å². The van der Waals surface area contributed by atoms with Crippen molar-refractivity contribution in [2.45, 2.75) is 56.1 Å². The molecule has 0 bridgehead atoms. The summed E-state index contributed by atoms with van der Waals surface area (Å²) in [7, 11) is 0. The van der Waals surface area contributed by atoms with E-state index in [2.05, 4.69) is 29.2 Å². The number of nitrogens with one attached hydrogen (secondary N) is 1. The van der Waals surface area contributed by atoms with Gasteiger partial charge in [-0.2, -0.15) is 5.10 Å². The number of aromatic nitrogens is 4. The Kier molecular flexibility index (Phi) is 8.50. The van der Waals surface area contributed by atoms with E-state index in [4.69, 9.17) is 9.97 Å². The number of amides is 1. The molecule has 0 radical (unpaired) electrons. The number of fused-ring (bicyclic) bond motifs is 1. The van der Waals surface area contributed by atoms with E-state index in [1.807, 2.05) is 35.1 Å². The average molecular weight is 485 g/mol. The summed E-state index contributed by atoms with van der Waals surface area (Å²) in [6, 6.07) is 7.76. The van der Waals surface area contributed by atoms with Crippen molar-refractivity contribution in [1.82, 2.24) is 25.1 Å². The van der Waals surface area contributed by atoms with Gasteiger partial charge in [0.05, 0.1) is 23.7 Å². The Balaban J connectivity index is 1.51. The zero-order chi connectivity index (χ0) is 23.0. The molecule has 0 atom stereocenters. The Morgan fingerprint density at radius 2 is 1.91 bits per heavy atom. The zero-order valence-corrected chi connectivity index (χ0v) is 21.1. The summed E-state index contributed by atoms with van der Waals surface area (Å²) in [6.45, 7) is 7.37. The van der Waals surface area contributed by atoms with E-state index in [1.165, 1.54) is 19.3 Å². The molecular weight excluding hydrogens is 452 g/mol. The highest BCUT2D eigenvalue weighted by atomic mass is 32.2. The average Bonchev–Trinajstić information content (AvgIpc) is 3.26. The highest BCUT2D eigenvalue weighted by Crippen LogP contribution is 2.29. The molecule has 1 aliphatic rings.